The Morgan fingerprint density at radius 1 is 1.53 bits per heavy atom. The minimum atomic E-state index is 0.483. The van der Waals surface area contributed by atoms with E-state index in [1.165, 1.54) is 0 Å². The summed E-state index contributed by atoms with van der Waals surface area (Å²) in [5.74, 6) is 0. The lowest BCUT2D eigenvalue weighted by Gasteiger charge is -2.01. The van der Waals surface area contributed by atoms with Crippen molar-refractivity contribution in [3.05, 3.63) is 50.9 Å². The van der Waals surface area contributed by atoms with Crippen molar-refractivity contribution in [1.29, 1.82) is 0 Å². The van der Waals surface area contributed by atoms with E-state index in [1.807, 2.05) is 37.3 Å². The molecule has 3 nitrogen and oxygen atoms in total. The Bertz CT molecular complexity index is 386. The molecule has 0 N–H and O–H groups in total. The van der Waals surface area contributed by atoms with Crippen molar-refractivity contribution in [3.8, 4) is 0 Å². The maximum atomic E-state index is 8.08. The fraction of sp³-hybridized carbons (Fsp3) is 0.273. The summed E-state index contributed by atoms with van der Waals surface area (Å²) in [6.07, 6.45) is 4.65. The van der Waals surface area contributed by atoms with Gasteiger partial charge in [0.15, 0.2) is 0 Å². The van der Waals surface area contributed by atoms with Gasteiger partial charge in [-0.3, -0.25) is 0 Å². The monoisotopic (exact) mass is 221 g/mol. The lowest BCUT2D eigenvalue weighted by atomic mass is 10.1. The molecule has 4 heteroatoms. The molecule has 0 heterocycles. The molecule has 0 saturated heterocycles. The fourth-order valence-electron chi connectivity index (χ4n) is 1.23. The van der Waals surface area contributed by atoms with Crippen LogP contribution >= 0.6 is 11.6 Å². The van der Waals surface area contributed by atoms with Gasteiger partial charge in [-0.25, -0.2) is 0 Å². The van der Waals surface area contributed by atoms with Crippen molar-refractivity contribution in [2.24, 2.45) is 5.11 Å². The average molecular weight is 222 g/mol. The topological polar surface area (TPSA) is 48.8 Å². The Kier molecular flexibility index (Phi) is 4.75. The zero-order valence-electron chi connectivity index (χ0n) is 8.52. The van der Waals surface area contributed by atoms with E-state index in [4.69, 9.17) is 17.1 Å². The second-order valence-corrected chi connectivity index (χ2v) is 3.52. The molecular formula is C11H12ClN3. The van der Waals surface area contributed by atoms with Gasteiger partial charge in [0, 0.05) is 16.5 Å². The zero-order chi connectivity index (χ0) is 11.1. The molecule has 1 aromatic carbocycles. The molecule has 0 radical (unpaired) electrons. The highest BCUT2D eigenvalue weighted by molar-refractivity contribution is 6.32. The number of azide groups is 1. The van der Waals surface area contributed by atoms with E-state index in [9.17, 15) is 0 Å². The highest BCUT2D eigenvalue weighted by Crippen LogP contribution is 2.20. The lowest BCUT2D eigenvalue weighted by molar-refractivity contribution is 0.995. The molecule has 0 spiro atoms. The number of hydrogen-bond donors (Lipinski definition) is 0. The smallest absolute Gasteiger partial charge is 0.0480 e. The number of aryl methyl sites for hydroxylation is 1. The largest absolute Gasteiger partial charge is 0.0937 e. The first-order chi connectivity index (χ1) is 7.25. The van der Waals surface area contributed by atoms with Gasteiger partial charge in [-0.15, -0.1) is 0 Å². The van der Waals surface area contributed by atoms with Crippen molar-refractivity contribution in [2.45, 2.75) is 13.3 Å². The summed E-state index contributed by atoms with van der Waals surface area (Å²) in [6.45, 7) is 2.50. The standard InChI is InChI=1S/C11H12ClN3/c1-9-5-4-7-11(12)10(9)6-2-3-8-14-15-13/h2,4-7H,3,8H2,1H3. The molecule has 0 unspecified atom stereocenters. The van der Waals surface area contributed by atoms with Crippen LogP contribution in [0.15, 0.2) is 29.4 Å². The van der Waals surface area contributed by atoms with Crippen LogP contribution in [0.5, 0.6) is 0 Å². The van der Waals surface area contributed by atoms with Crippen LogP contribution in [0.1, 0.15) is 17.5 Å². The molecule has 1 rings (SSSR count). The molecule has 0 aliphatic heterocycles. The molecule has 0 bridgehead atoms. The third-order valence-electron chi connectivity index (χ3n) is 2.01. The quantitative estimate of drug-likeness (QED) is 0.314. The number of benzene rings is 1. The molecule has 0 aliphatic carbocycles. The Hall–Kier alpha value is -1.44. The van der Waals surface area contributed by atoms with E-state index in [1.54, 1.807) is 0 Å². The third-order valence-corrected chi connectivity index (χ3v) is 2.34. The minimum absolute atomic E-state index is 0.483. The second-order valence-electron chi connectivity index (χ2n) is 3.12. The number of rotatable bonds is 4. The maximum absolute atomic E-state index is 8.08. The van der Waals surface area contributed by atoms with Crippen LogP contribution < -0.4 is 0 Å². The van der Waals surface area contributed by atoms with Gasteiger partial charge in [0.2, 0.25) is 0 Å². The van der Waals surface area contributed by atoms with Gasteiger partial charge in [0.1, 0.15) is 0 Å². The highest BCUT2D eigenvalue weighted by Gasteiger charge is 1.98. The normalized spacial score (nSPS) is 10.3. The Morgan fingerprint density at radius 2 is 2.33 bits per heavy atom. The molecule has 15 heavy (non-hydrogen) atoms. The first-order valence-corrected chi connectivity index (χ1v) is 5.06. The highest BCUT2D eigenvalue weighted by atomic mass is 35.5. The van der Waals surface area contributed by atoms with Gasteiger partial charge in [0.25, 0.3) is 0 Å². The lowest BCUT2D eigenvalue weighted by Crippen LogP contribution is -1.81. The number of halogens is 1. The summed E-state index contributed by atoms with van der Waals surface area (Å²) >= 11 is 6.04. The van der Waals surface area contributed by atoms with E-state index >= 15 is 0 Å². The molecular weight excluding hydrogens is 210 g/mol. The Morgan fingerprint density at radius 3 is 3.00 bits per heavy atom. The van der Waals surface area contributed by atoms with Gasteiger partial charge < -0.3 is 0 Å². The van der Waals surface area contributed by atoms with Gasteiger partial charge in [-0.05, 0) is 36.1 Å². The molecule has 0 fully saturated rings. The van der Waals surface area contributed by atoms with Crippen LogP contribution in [0.25, 0.3) is 16.5 Å². The number of nitrogens with zero attached hydrogens (tertiary/aromatic N) is 3. The molecule has 0 aliphatic rings. The summed E-state index contributed by atoms with van der Waals surface area (Å²) in [4.78, 5) is 2.68. The van der Waals surface area contributed by atoms with Crippen LogP contribution in [0, 0.1) is 6.92 Å². The molecule has 0 atom stereocenters. The van der Waals surface area contributed by atoms with E-state index < -0.39 is 0 Å². The van der Waals surface area contributed by atoms with Crippen LogP contribution in [-0.4, -0.2) is 6.54 Å². The summed E-state index contributed by atoms with van der Waals surface area (Å²) in [6, 6.07) is 5.80. The molecule has 1 aromatic rings. The van der Waals surface area contributed by atoms with Crippen LogP contribution in [-0.2, 0) is 0 Å². The van der Waals surface area contributed by atoms with E-state index in [-0.39, 0.29) is 0 Å². The van der Waals surface area contributed by atoms with Gasteiger partial charge in [0.05, 0.1) is 0 Å². The molecule has 0 aromatic heterocycles. The van der Waals surface area contributed by atoms with Crippen molar-refractivity contribution < 1.29 is 0 Å². The van der Waals surface area contributed by atoms with Gasteiger partial charge >= 0.3 is 0 Å². The van der Waals surface area contributed by atoms with E-state index in [0.29, 0.717) is 6.54 Å². The summed E-state index contributed by atoms with van der Waals surface area (Å²) < 4.78 is 0. The minimum Gasteiger partial charge on any atom is -0.0937 e. The zero-order valence-corrected chi connectivity index (χ0v) is 9.28. The van der Waals surface area contributed by atoms with Crippen LogP contribution in [0.3, 0.4) is 0 Å². The SMILES string of the molecule is Cc1cccc(Cl)c1C=CCCN=[N+]=[N-]. The van der Waals surface area contributed by atoms with Crippen molar-refractivity contribution >= 4 is 17.7 Å². The first-order valence-electron chi connectivity index (χ1n) is 4.68. The van der Waals surface area contributed by atoms with Gasteiger partial charge in [-0.1, -0.05) is 41.0 Å². The summed E-state index contributed by atoms with van der Waals surface area (Å²) in [5, 5.41) is 4.19. The second kappa shape index (κ2) is 6.12. The Balaban J connectivity index is 2.67. The average Bonchev–Trinajstić information content (AvgIpc) is 2.21. The predicted octanol–water partition coefficient (Wildman–Crippen LogP) is 4.36. The Labute approximate surface area is 94.0 Å². The molecule has 0 amide bonds. The van der Waals surface area contributed by atoms with Crippen LogP contribution in [0.4, 0.5) is 0 Å². The third kappa shape index (κ3) is 3.66. The van der Waals surface area contributed by atoms with E-state index in [0.717, 1.165) is 22.6 Å². The van der Waals surface area contributed by atoms with Gasteiger partial charge in [-0.2, -0.15) is 0 Å². The molecule has 0 saturated carbocycles. The summed E-state index contributed by atoms with van der Waals surface area (Å²) in [7, 11) is 0. The molecule has 78 valence electrons. The van der Waals surface area contributed by atoms with Crippen molar-refractivity contribution in [3.63, 3.8) is 0 Å². The first kappa shape index (κ1) is 11.6. The van der Waals surface area contributed by atoms with Crippen LogP contribution in [0.2, 0.25) is 5.02 Å². The number of hydrogen-bond acceptors (Lipinski definition) is 1. The maximum Gasteiger partial charge on any atom is 0.0480 e. The predicted molar refractivity (Wildman–Crippen MR) is 63.9 cm³/mol. The fourth-order valence-corrected chi connectivity index (χ4v) is 1.52. The summed E-state index contributed by atoms with van der Waals surface area (Å²) in [5.41, 5.74) is 10.3. The van der Waals surface area contributed by atoms with Crippen molar-refractivity contribution in [1.82, 2.24) is 0 Å². The van der Waals surface area contributed by atoms with E-state index in [2.05, 4.69) is 10.0 Å². The van der Waals surface area contributed by atoms with Crippen molar-refractivity contribution in [2.75, 3.05) is 6.54 Å².